The molecular formula is C36H37BrFN3O6. The Bertz CT molecular complexity index is 1660. The molecule has 2 aliphatic heterocycles. The zero-order valence-corrected chi connectivity index (χ0v) is 27.4. The number of carboxylic acid groups (broad SMARTS) is 2. The molecule has 1 saturated carbocycles. The summed E-state index contributed by atoms with van der Waals surface area (Å²) in [7, 11) is 0. The third-order valence-corrected chi connectivity index (χ3v) is 9.82. The molecule has 9 nitrogen and oxygen atoms in total. The highest BCUT2D eigenvalue weighted by molar-refractivity contribution is 9.10. The number of carbonyl (C=O) groups is 3. The molecule has 2 N–H and O–H groups in total. The molecule has 2 heterocycles. The van der Waals surface area contributed by atoms with Crippen LogP contribution in [0.2, 0.25) is 0 Å². The van der Waals surface area contributed by atoms with Gasteiger partial charge in [0.15, 0.2) is 0 Å². The summed E-state index contributed by atoms with van der Waals surface area (Å²) in [5, 5.41) is 20.1. The number of hydrogen-bond donors (Lipinski definition) is 2. The summed E-state index contributed by atoms with van der Waals surface area (Å²) in [6.45, 7) is 0.841. The fraction of sp³-hybridized carbons (Fsp3) is 0.361. The summed E-state index contributed by atoms with van der Waals surface area (Å²) in [6, 6.07) is 20.7. The second kappa shape index (κ2) is 14.2. The van der Waals surface area contributed by atoms with Crippen LogP contribution in [0.3, 0.4) is 0 Å². The van der Waals surface area contributed by atoms with Crippen LogP contribution in [-0.4, -0.2) is 87.4 Å². The van der Waals surface area contributed by atoms with Gasteiger partial charge in [0.05, 0.1) is 23.2 Å². The lowest BCUT2D eigenvalue weighted by molar-refractivity contribution is -0.128. The van der Waals surface area contributed by atoms with Crippen molar-refractivity contribution in [3.8, 4) is 5.75 Å². The van der Waals surface area contributed by atoms with Gasteiger partial charge < -0.3 is 24.7 Å². The van der Waals surface area contributed by atoms with E-state index < -0.39 is 24.3 Å². The number of aryl methyl sites for hydroxylation is 1. The number of carbonyl (C=O) groups excluding carboxylic acids is 1. The van der Waals surface area contributed by atoms with Crippen molar-refractivity contribution in [1.82, 2.24) is 14.7 Å². The van der Waals surface area contributed by atoms with E-state index in [0.717, 1.165) is 41.5 Å². The minimum absolute atomic E-state index is 0.0446. The monoisotopic (exact) mass is 705 g/mol. The van der Waals surface area contributed by atoms with Gasteiger partial charge in [0.25, 0.3) is 5.91 Å². The lowest BCUT2D eigenvalue weighted by Gasteiger charge is -2.49. The SMILES string of the molecule is O=C(O)N1C[C@H]2CC(c3ccc(CCCOc4cc(F)ccc4Br)cc3)=C(C(=O)N(CCc3ccccc3)C3CC3)[C@@H](C1)N2C(=O)O. The highest BCUT2D eigenvalue weighted by Crippen LogP contribution is 2.41. The minimum atomic E-state index is -1.15. The molecule has 3 aliphatic rings. The summed E-state index contributed by atoms with van der Waals surface area (Å²) in [6.07, 6.45) is 1.82. The number of halogens is 2. The van der Waals surface area contributed by atoms with Gasteiger partial charge in [-0.1, -0.05) is 54.6 Å². The topological polar surface area (TPSA) is 111 Å². The number of piperazine rings is 1. The van der Waals surface area contributed by atoms with Crippen molar-refractivity contribution in [3.63, 3.8) is 0 Å². The van der Waals surface area contributed by atoms with E-state index in [1.165, 1.54) is 21.9 Å². The zero-order valence-electron chi connectivity index (χ0n) is 25.9. The van der Waals surface area contributed by atoms with Crippen LogP contribution in [0.1, 0.15) is 42.4 Å². The number of nitrogens with zero attached hydrogens (tertiary/aromatic N) is 3. The van der Waals surface area contributed by atoms with Crippen molar-refractivity contribution in [3.05, 3.63) is 105 Å². The molecule has 0 spiro atoms. The summed E-state index contributed by atoms with van der Waals surface area (Å²) in [4.78, 5) is 43.6. The number of hydrogen-bond acceptors (Lipinski definition) is 4. The third-order valence-electron chi connectivity index (χ3n) is 9.17. The molecular weight excluding hydrogens is 669 g/mol. The molecule has 0 radical (unpaired) electrons. The molecule has 3 amide bonds. The quantitative estimate of drug-likeness (QED) is 0.215. The van der Waals surface area contributed by atoms with Crippen LogP contribution in [-0.2, 0) is 17.6 Å². The first kappa shape index (κ1) is 32.6. The zero-order chi connectivity index (χ0) is 33.1. The van der Waals surface area contributed by atoms with Crippen molar-refractivity contribution in [1.29, 1.82) is 0 Å². The molecule has 47 heavy (non-hydrogen) atoms. The first-order chi connectivity index (χ1) is 22.7. The normalized spacial score (nSPS) is 19.0. The molecule has 2 fully saturated rings. The minimum Gasteiger partial charge on any atom is -0.492 e. The van der Waals surface area contributed by atoms with E-state index in [0.29, 0.717) is 41.8 Å². The summed E-state index contributed by atoms with van der Waals surface area (Å²) in [5.41, 5.74) is 4.15. The lowest BCUT2D eigenvalue weighted by Crippen LogP contribution is -2.65. The van der Waals surface area contributed by atoms with Gasteiger partial charge in [-0.2, -0.15) is 0 Å². The molecule has 1 saturated heterocycles. The van der Waals surface area contributed by atoms with Crippen LogP contribution in [0.4, 0.5) is 14.0 Å². The third kappa shape index (κ3) is 7.45. The lowest BCUT2D eigenvalue weighted by atomic mass is 9.81. The van der Waals surface area contributed by atoms with Crippen molar-refractivity contribution >= 4 is 39.6 Å². The Morgan fingerprint density at radius 1 is 0.915 bits per heavy atom. The second-order valence-electron chi connectivity index (χ2n) is 12.3. The van der Waals surface area contributed by atoms with E-state index in [9.17, 15) is 29.0 Å². The Labute approximate surface area is 281 Å². The van der Waals surface area contributed by atoms with Gasteiger partial charge in [-0.05, 0) is 88.9 Å². The highest BCUT2D eigenvalue weighted by atomic mass is 79.9. The van der Waals surface area contributed by atoms with Crippen molar-refractivity contribution < 1.29 is 33.7 Å². The predicted molar refractivity (Wildman–Crippen MR) is 178 cm³/mol. The Hall–Kier alpha value is -4.38. The molecule has 0 unspecified atom stereocenters. The molecule has 2 atom stereocenters. The average molecular weight is 707 g/mol. The maximum Gasteiger partial charge on any atom is 0.408 e. The maximum atomic E-state index is 14.6. The number of benzene rings is 3. The summed E-state index contributed by atoms with van der Waals surface area (Å²) < 4.78 is 20.0. The first-order valence-electron chi connectivity index (χ1n) is 15.9. The molecule has 6 rings (SSSR count). The standard InChI is InChI=1S/C36H37BrFN3O6/c37-30-15-12-26(38)19-32(30)47-18-4-7-24-8-10-25(11-9-24)29-20-28-21-39(35(43)44)22-31(41(28)36(45)46)33(29)34(42)40(27-13-14-27)17-16-23-5-2-1-3-6-23/h1-3,5-6,8-12,15,19,27-28,31H,4,7,13-14,16-18,20-22H2,(H,43,44)(H,45,46)/t28-,31-/m1/s1. The molecule has 1 aliphatic carbocycles. The van der Waals surface area contributed by atoms with Crippen LogP contribution in [0.5, 0.6) is 5.75 Å². The largest absolute Gasteiger partial charge is 0.492 e. The van der Waals surface area contributed by atoms with Crippen LogP contribution in [0.25, 0.3) is 5.57 Å². The van der Waals surface area contributed by atoms with Gasteiger partial charge in [0, 0.05) is 37.3 Å². The van der Waals surface area contributed by atoms with Crippen LogP contribution < -0.4 is 4.74 Å². The number of amides is 3. The molecule has 11 heteroatoms. The summed E-state index contributed by atoms with van der Waals surface area (Å²) >= 11 is 3.38. The van der Waals surface area contributed by atoms with Gasteiger partial charge in [-0.25, -0.2) is 14.0 Å². The van der Waals surface area contributed by atoms with Crippen LogP contribution >= 0.6 is 15.9 Å². The fourth-order valence-corrected chi connectivity index (χ4v) is 7.06. The maximum absolute atomic E-state index is 14.6. The first-order valence-corrected chi connectivity index (χ1v) is 16.7. The second-order valence-corrected chi connectivity index (χ2v) is 13.2. The van der Waals surface area contributed by atoms with Crippen molar-refractivity contribution in [2.75, 3.05) is 26.2 Å². The Kier molecular flexibility index (Phi) is 9.81. The number of rotatable bonds is 11. The van der Waals surface area contributed by atoms with Crippen LogP contribution in [0.15, 0.2) is 82.8 Å². The van der Waals surface area contributed by atoms with E-state index in [1.54, 1.807) is 6.07 Å². The molecule has 3 aromatic carbocycles. The van der Waals surface area contributed by atoms with Gasteiger partial charge in [0.1, 0.15) is 11.6 Å². The number of fused-ring (bicyclic) bond motifs is 2. The molecule has 0 aromatic heterocycles. The van der Waals surface area contributed by atoms with Gasteiger partial charge in [-0.15, -0.1) is 0 Å². The van der Waals surface area contributed by atoms with Gasteiger partial charge in [-0.3, -0.25) is 9.69 Å². The smallest absolute Gasteiger partial charge is 0.408 e. The van der Waals surface area contributed by atoms with Crippen LogP contribution in [0, 0.1) is 5.82 Å². The average Bonchev–Trinajstić information content (AvgIpc) is 3.90. The van der Waals surface area contributed by atoms with Gasteiger partial charge >= 0.3 is 12.2 Å². The summed E-state index contributed by atoms with van der Waals surface area (Å²) in [5.74, 6) is -0.130. The molecule has 2 bridgehead atoms. The highest BCUT2D eigenvalue weighted by Gasteiger charge is 2.49. The van der Waals surface area contributed by atoms with Crippen molar-refractivity contribution in [2.24, 2.45) is 0 Å². The number of ether oxygens (including phenoxy) is 1. The van der Waals surface area contributed by atoms with Crippen molar-refractivity contribution in [2.45, 2.75) is 56.7 Å². The Morgan fingerprint density at radius 2 is 1.64 bits per heavy atom. The molecule has 246 valence electrons. The van der Waals surface area contributed by atoms with E-state index in [2.05, 4.69) is 15.9 Å². The Morgan fingerprint density at radius 3 is 2.32 bits per heavy atom. The molecule has 3 aromatic rings. The predicted octanol–water partition coefficient (Wildman–Crippen LogP) is 6.70. The van der Waals surface area contributed by atoms with E-state index >= 15 is 0 Å². The Balaban J connectivity index is 1.26. The van der Waals surface area contributed by atoms with E-state index in [4.69, 9.17) is 4.74 Å². The van der Waals surface area contributed by atoms with E-state index in [1.807, 2.05) is 59.5 Å². The van der Waals surface area contributed by atoms with Gasteiger partial charge in [0.2, 0.25) is 0 Å². The fourth-order valence-electron chi connectivity index (χ4n) is 6.70. The van der Waals surface area contributed by atoms with E-state index in [-0.39, 0.29) is 37.3 Å².